The number of nitrogens with one attached hydrogen (secondary N) is 2. The molecule has 0 atom stereocenters. The lowest BCUT2D eigenvalue weighted by Gasteiger charge is -2.14. The molecule has 0 amide bonds. The number of nitrogens with zero attached hydrogens (tertiary/aromatic N) is 2. The lowest BCUT2D eigenvalue weighted by molar-refractivity contribution is 0.415. The van der Waals surface area contributed by atoms with E-state index in [1.54, 1.807) is 19.5 Å². The second-order valence-corrected chi connectivity index (χ2v) is 4.93. The summed E-state index contributed by atoms with van der Waals surface area (Å²) in [5, 5.41) is 6.98. The molecule has 5 nitrogen and oxygen atoms in total. The van der Waals surface area contributed by atoms with Crippen molar-refractivity contribution in [3.63, 3.8) is 0 Å². The molecule has 0 aliphatic heterocycles. The molecule has 2 rings (SSSR count). The van der Waals surface area contributed by atoms with Gasteiger partial charge in [0.15, 0.2) is 0 Å². The fraction of sp³-hybridized carbons (Fsp3) is 0.333. The highest BCUT2D eigenvalue weighted by atomic mass is 35.5. The fourth-order valence-electron chi connectivity index (χ4n) is 2.10. The minimum Gasteiger partial charge on any atom is -0.495 e. The van der Waals surface area contributed by atoms with Gasteiger partial charge in [-0.2, -0.15) is 0 Å². The Bertz CT molecular complexity index is 619. The molecule has 1 heterocycles. The molecule has 0 unspecified atom stereocenters. The van der Waals surface area contributed by atoms with E-state index in [1.807, 2.05) is 19.2 Å². The maximum atomic E-state index is 6.04. The second kappa shape index (κ2) is 7.13. The van der Waals surface area contributed by atoms with Crippen molar-refractivity contribution < 1.29 is 4.74 Å². The molecule has 2 N–H and O–H groups in total. The van der Waals surface area contributed by atoms with Crippen molar-refractivity contribution in [1.82, 2.24) is 9.97 Å². The standard InChI is InChI=1S/C15H19ClN4O/c1-4-5-11-14(17-2)18-9-19-15(11)20-10-6-7-12(16)13(8-10)21-3/h6-9H,4-5H2,1-3H3,(H2,17,18,19,20). The second-order valence-electron chi connectivity index (χ2n) is 4.52. The topological polar surface area (TPSA) is 59.1 Å². The quantitative estimate of drug-likeness (QED) is 0.848. The molecule has 0 saturated carbocycles. The first kappa shape index (κ1) is 15.4. The molecule has 2 aromatic rings. The van der Waals surface area contributed by atoms with Gasteiger partial charge in [-0.25, -0.2) is 9.97 Å². The molecule has 1 aromatic heterocycles. The SMILES string of the molecule is CCCc1c(NC)ncnc1Nc1ccc(Cl)c(OC)c1. The van der Waals surface area contributed by atoms with Gasteiger partial charge in [-0.15, -0.1) is 0 Å². The first-order chi connectivity index (χ1) is 10.2. The van der Waals surface area contributed by atoms with E-state index >= 15 is 0 Å². The maximum absolute atomic E-state index is 6.04. The minimum atomic E-state index is 0.579. The van der Waals surface area contributed by atoms with Gasteiger partial charge in [0.05, 0.1) is 12.1 Å². The van der Waals surface area contributed by atoms with Crippen LogP contribution in [0, 0.1) is 0 Å². The number of halogens is 1. The maximum Gasteiger partial charge on any atom is 0.139 e. The molecule has 0 aliphatic carbocycles. The summed E-state index contributed by atoms with van der Waals surface area (Å²) < 4.78 is 5.23. The summed E-state index contributed by atoms with van der Waals surface area (Å²) in [6.45, 7) is 2.13. The van der Waals surface area contributed by atoms with Crippen molar-refractivity contribution in [2.24, 2.45) is 0 Å². The summed E-state index contributed by atoms with van der Waals surface area (Å²) in [4.78, 5) is 8.60. The van der Waals surface area contributed by atoms with E-state index in [0.717, 1.165) is 35.7 Å². The summed E-state index contributed by atoms with van der Waals surface area (Å²) in [7, 11) is 3.45. The van der Waals surface area contributed by atoms with Crippen molar-refractivity contribution in [2.75, 3.05) is 24.8 Å². The van der Waals surface area contributed by atoms with Crippen LogP contribution in [0.4, 0.5) is 17.3 Å². The van der Waals surface area contributed by atoms with E-state index in [9.17, 15) is 0 Å². The summed E-state index contributed by atoms with van der Waals surface area (Å²) >= 11 is 6.04. The van der Waals surface area contributed by atoms with E-state index < -0.39 is 0 Å². The Hall–Kier alpha value is -2.01. The number of rotatable bonds is 6. The summed E-state index contributed by atoms with van der Waals surface area (Å²) in [6, 6.07) is 5.53. The molecule has 0 bridgehead atoms. The third-order valence-electron chi connectivity index (χ3n) is 3.10. The highest BCUT2D eigenvalue weighted by Gasteiger charge is 2.11. The van der Waals surface area contributed by atoms with Crippen molar-refractivity contribution in [3.8, 4) is 5.75 Å². The number of benzene rings is 1. The fourth-order valence-corrected chi connectivity index (χ4v) is 2.29. The molecule has 0 spiro atoms. The molecule has 1 aromatic carbocycles. The van der Waals surface area contributed by atoms with Crippen LogP contribution < -0.4 is 15.4 Å². The van der Waals surface area contributed by atoms with Gasteiger partial charge in [0.1, 0.15) is 23.7 Å². The highest BCUT2D eigenvalue weighted by Crippen LogP contribution is 2.30. The first-order valence-corrected chi connectivity index (χ1v) is 7.19. The van der Waals surface area contributed by atoms with Crippen LogP contribution in [0.15, 0.2) is 24.5 Å². The average Bonchev–Trinajstić information content (AvgIpc) is 2.51. The van der Waals surface area contributed by atoms with Crippen LogP contribution >= 0.6 is 11.6 Å². The van der Waals surface area contributed by atoms with Crippen LogP contribution in [0.1, 0.15) is 18.9 Å². The third kappa shape index (κ3) is 3.55. The molecule has 112 valence electrons. The van der Waals surface area contributed by atoms with Crippen LogP contribution in [0.25, 0.3) is 0 Å². The Balaban J connectivity index is 2.34. The van der Waals surface area contributed by atoms with Gasteiger partial charge < -0.3 is 15.4 Å². The molecule has 6 heteroatoms. The molecule has 0 fully saturated rings. The van der Waals surface area contributed by atoms with Gasteiger partial charge in [-0.1, -0.05) is 24.9 Å². The van der Waals surface area contributed by atoms with E-state index in [4.69, 9.17) is 16.3 Å². The zero-order valence-electron chi connectivity index (χ0n) is 12.4. The third-order valence-corrected chi connectivity index (χ3v) is 3.41. The lowest BCUT2D eigenvalue weighted by atomic mass is 10.1. The number of hydrogen-bond donors (Lipinski definition) is 2. The Kier molecular flexibility index (Phi) is 5.22. The van der Waals surface area contributed by atoms with Gasteiger partial charge in [0, 0.05) is 24.4 Å². The van der Waals surface area contributed by atoms with Crippen LogP contribution in [0.2, 0.25) is 5.02 Å². The molecule has 21 heavy (non-hydrogen) atoms. The van der Waals surface area contributed by atoms with Crippen LogP contribution in [-0.2, 0) is 6.42 Å². The smallest absolute Gasteiger partial charge is 0.139 e. The van der Waals surface area contributed by atoms with Crippen LogP contribution in [0.5, 0.6) is 5.75 Å². The van der Waals surface area contributed by atoms with Gasteiger partial charge in [0.2, 0.25) is 0 Å². The highest BCUT2D eigenvalue weighted by molar-refractivity contribution is 6.32. The van der Waals surface area contributed by atoms with E-state index in [1.165, 1.54) is 0 Å². The van der Waals surface area contributed by atoms with Gasteiger partial charge >= 0.3 is 0 Å². The van der Waals surface area contributed by atoms with E-state index in [2.05, 4.69) is 27.5 Å². The van der Waals surface area contributed by atoms with Gasteiger partial charge in [-0.3, -0.25) is 0 Å². The van der Waals surface area contributed by atoms with E-state index in [-0.39, 0.29) is 0 Å². The Morgan fingerprint density at radius 2 is 2.00 bits per heavy atom. The number of ether oxygens (including phenoxy) is 1. The Morgan fingerprint density at radius 3 is 2.67 bits per heavy atom. The first-order valence-electron chi connectivity index (χ1n) is 6.81. The Labute approximate surface area is 129 Å². The molecule has 0 aliphatic rings. The number of hydrogen-bond acceptors (Lipinski definition) is 5. The van der Waals surface area contributed by atoms with Gasteiger partial charge in [-0.05, 0) is 18.6 Å². The largest absolute Gasteiger partial charge is 0.495 e. The van der Waals surface area contributed by atoms with E-state index in [0.29, 0.717) is 10.8 Å². The zero-order valence-corrected chi connectivity index (χ0v) is 13.2. The summed E-state index contributed by atoms with van der Waals surface area (Å²) in [5.41, 5.74) is 1.94. The number of aromatic nitrogens is 2. The zero-order chi connectivity index (χ0) is 15.2. The molecule has 0 radical (unpaired) electrons. The number of methoxy groups -OCH3 is 1. The Morgan fingerprint density at radius 1 is 1.24 bits per heavy atom. The molecular weight excluding hydrogens is 288 g/mol. The lowest BCUT2D eigenvalue weighted by Crippen LogP contribution is -2.05. The van der Waals surface area contributed by atoms with Crippen molar-refractivity contribution in [3.05, 3.63) is 35.1 Å². The normalized spacial score (nSPS) is 10.3. The average molecular weight is 307 g/mol. The van der Waals surface area contributed by atoms with Crippen molar-refractivity contribution in [2.45, 2.75) is 19.8 Å². The molecular formula is C15H19ClN4O. The number of anilines is 3. The predicted molar refractivity (Wildman–Crippen MR) is 86.9 cm³/mol. The monoisotopic (exact) mass is 306 g/mol. The van der Waals surface area contributed by atoms with Crippen LogP contribution in [0.3, 0.4) is 0 Å². The van der Waals surface area contributed by atoms with Crippen LogP contribution in [-0.4, -0.2) is 24.1 Å². The van der Waals surface area contributed by atoms with Crippen molar-refractivity contribution in [1.29, 1.82) is 0 Å². The predicted octanol–water partition coefficient (Wildman–Crippen LogP) is 3.88. The summed E-state index contributed by atoms with van der Waals surface area (Å²) in [6.07, 6.45) is 3.45. The summed E-state index contributed by atoms with van der Waals surface area (Å²) in [5.74, 6) is 2.26. The minimum absolute atomic E-state index is 0.579. The van der Waals surface area contributed by atoms with Gasteiger partial charge in [0.25, 0.3) is 0 Å². The van der Waals surface area contributed by atoms with Crippen molar-refractivity contribution >= 4 is 28.9 Å². The molecule has 0 saturated heterocycles.